The Morgan fingerprint density at radius 3 is 2.76 bits per heavy atom. The Hall–Kier alpha value is -1.11. The topological polar surface area (TPSA) is 75.4 Å². The number of rotatable bonds is 5. The van der Waals surface area contributed by atoms with Gasteiger partial charge in [0, 0.05) is 25.7 Å². The van der Waals surface area contributed by atoms with Gasteiger partial charge >= 0.3 is 0 Å². The van der Waals surface area contributed by atoms with Crippen LogP contribution in [0, 0.1) is 5.92 Å². The van der Waals surface area contributed by atoms with Crippen molar-refractivity contribution in [2.24, 2.45) is 11.7 Å². The van der Waals surface area contributed by atoms with Crippen molar-refractivity contribution in [1.82, 2.24) is 4.72 Å². The van der Waals surface area contributed by atoms with Crippen molar-refractivity contribution in [2.45, 2.75) is 37.6 Å². The van der Waals surface area contributed by atoms with Crippen molar-refractivity contribution in [3.63, 3.8) is 0 Å². The Morgan fingerprint density at radius 2 is 2.10 bits per heavy atom. The van der Waals surface area contributed by atoms with E-state index in [0.717, 1.165) is 25.1 Å². The number of piperidine rings is 1. The van der Waals surface area contributed by atoms with Crippen molar-refractivity contribution in [3.8, 4) is 0 Å². The first-order valence-corrected chi connectivity index (χ1v) is 9.03. The van der Waals surface area contributed by atoms with Crippen LogP contribution < -0.4 is 15.4 Å². The fourth-order valence-corrected chi connectivity index (χ4v) is 3.94. The number of nitrogens with zero attached hydrogens (tertiary/aromatic N) is 1. The molecule has 0 radical (unpaired) electrons. The number of nitrogens with one attached hydrogen (secondary N) is 1. The summed E-state index contributed by atoms with van der Waals surface area (Å²) in [5.74, 6) is 0.475. The summed E-state index contributed by atoms with van der Waals surface area (Å²) in [6.45, 7) is 6.08. The minimum absolute atomic E-state index is 0.0816. The van der Waals surface area contributed by atoms with Crippen LogP contribution in [0.4, 0.5) is 5.69 Å². The third-order valence-electron chi connectivity index (χ3n) is 4.05. The van der Waals surface area contributed by atoms with Gasteiger partial charge in [0.1, 0.15) is 4.90 Å². The zero-order valence-electron chi connectivity index (χ0n) is 12.7. The number of nitrogens with two attached hydrogens (primary N) is 1. The van der Waals surface area contributed by atoms with Gasteiger partial charge < -0.3 is 10.6 Å². The molecule has 1 aliphatic rings. The average Bonchev–Trinajstić information content (AvgIpc) is 2.48. The highest BCUT2D eigenvalue weighted by molar-refractivity contribution is 7.89. The fraction of sp³-hybridized carbons (Fsp3) is 0.600. The van der Waals surface area contributed by atoms with Gasteiger partial charge in [-0.25, -0.2) is 13.1 Å². The molecule has 0 aromatic heterocycles. The molecule has 0 aliphatic carbocycles. The second kappa shape index (κ2) is 6.77. The molecule has 1 aromatic rings. The smallest absolute Gasteiger partial charge is 0.242 e. The molecule has 0 saturated carbocycles. The molecule has 1 saturated heterocycles. The summed E-state index contributed by atoms with van der Waals surface area (Å²) in [6, 6.07) is 7.24. The van der Waals surface area contributed by atoms with E-state index in [1.165, 1.54) is 0 Å². The predicted octanol–water partition coefficient (Wildman–Crippen LogP) is 1.55. The molecule has 1 aliphatic heterocycles. The van der Waals surface area contributed by atoms with E-state index in [2.05, 4.69) is 16.5 Å². The molecule has 0 bridgehead atoms. The van der Waals surface area contributed by atoms with Crippen LogP contribution in [0.1, 0.15) is 26.7 Å². The molecule has 2 rings (SSSR count). The van der Waals surface area contributed by atoms with Crippen LogP contribution in [0.3, 0.4) is 0 Å². The van der Waals surface area contributed by atoms with Crippen molar-refractivity contribution in [1.29, 1.82) is 0 Å². The molecule has 21 heavy (non-hydrogen) atoms. The number of hydrogen-bond donors (Lipinski definition) is 2. The zero-order valence-corrected chi connectivity index (χ0v) is 13.6. The van der Waals surface area contributed by atoms with E-state index in [-0.39, 0.29) is 6.04 Å². The maximum absolute atomic E-state index is 12.4. The lowest BCUT2D eigenvalue weighted by atomic mass is 9.94. The van der Waals surface area contributed by atoms with E-state index in [4.69, 9.17) is 5.73 Å². The first kappa shape index (κ1) is 16.3. The number of hydrogen-bond acceptors (Lipinski definition) is 4. The highest BCUT2D eigenvalue weighted by Crippen LogP contribution is 2.28. The fourth-order valence-electron chi connectivity index (χ4n) is 2.58. The molecule has 5 nitrogen and oxygen atoms in total. The van der Waals surface area contributed by atoms with Crippen LogP contribution in [0.5, 0.6) is 0 Å². The quantitative estimate of drug-likeness (QED) is 0.865. The molecular weight excluding hydrogens is 286 g/mol. The molecule has 0 amide bonds. The third kappa shape index (κ3) is 3.75. The van der Waals surface area contributed by atoms with Crippen LogP contribution in [0.25, 0.3) is 0 Å². The van der Waals surface area contributed by atoms with Gasteiger partial charge in [-0.05, 0) is 30.9 Å². The summed E-state index contributed by atoms with van der Waals surface area (Å²) >= 11 is 0. The predicted molar refractivity (Wildman–Crippen MR) is 85.9 cm³/mol. The Balaban J connectivity index is 2.29. The SMILES string of the molecule is CCCNS(=O)(=O)c1ccccc1N1CCC(C)C(N)C1. The van der Waals surface area contributed by atoms with Gasteiger partial charge in [0.25, 0.3) is 0 Å². The molecule has 1 fully saturated rings. The van der Waals surface area contributed by atoms with E-state index in [1.807, 2.05) is 19.1 Å². The van der Waals surface area contributed by atoms with Crippen molar-refractivity contribution >= 4 is 15.7 Å². The Bertz CT molecular complexity index is 574. The van der Waals surface area contributed by atoms with E-state index in [9.17, 15) is 8.42 Å². The summed E-state index contributed by atoms with van der Waals surface area (Å²) < 4.78 is 27.5. The molecule has 118 valence electrons. The van der Waals surface area contributed by atoms with Crippen LogP contribution >= 0.6 is 0 Å². The minimum atomic E-state index is -3.47. The highest BCUT2D eigenvalue weighted by atomic mass is 32.2. The molecule has 2 unspecified atom stereocenters. The van der Waals surface area contributed by atoms with Gasteiger partial charge in [0.05, 0.1) is 5.69 Å². The summed E-state index contributed by atoms with van der Waals surface area (Å²) in [7, 11) is -3.47. The first-order valence-electron chi connectivity index (χ1n) is 7.55. The summed E-state index contributed by atoms with van der Waals surface area (Å²) in [6.07, 6.45) is 1.76. The van der Waals surface area contributed by atoms with Crippen molar-refractivity contribution < 1.29 is 8.42 Å². The van der Waals surface area contributed by atoms with Crippen LogP contribution in [0.2, 0.25) is 0 Å². The highest BCUT2D eigenvalue weighted by Gasteiger charge is 2.27. The monoisotopic (exact) mass is 311 g/mol. The zero-order chi connectivity index (χ0) is 15.5. The van der Waals surface area contributed by atoms with E-state index in [1.54, 1.807) is 12.1 Å². The largest absolute Gasteiger partial charge is 0.369 e. The molecule has 1 aromatic carbocycles. The number of benzene rings is 1. The minimum Gasteiger partial charge on any atom is -0.369 e. The second-order valence-corrected chi connectivity index (χ2v) is 7.48. The summed E-state index contributed by atoms with van der Waals surface area (Å²) in [4.78, 5) is 2.44. The van der Waals surface area contributed by atoms with Crippen LogP contribution in [-0.2, 0) is 10.0 Å². The average molecular weight is 311 g/mol. The Morgan fingerprint density at radius 1 is 1.38 bits per heavy atom. The summed E-state index contributed by atoms with van der Waals surface area (Å²) in [5.41, 5.74) is 6.89. The number of anilines is 1. The molecule has 2 atom stereocenters. The lowest BCUT2D eigenvalue weighted by Gasteiger charge is -2.37. The Labute approximate surface area is 127 Å². The molecule has 6 heteroatoms. The van der Waals surface area contributed by atoms with Gasteiger partial charge in [-0.3, -0.25) is 0 Å². The molecule has 3 N–H and O–H groups in total. The molecular formula is C15H25N3O2S. The Kier molecular flexibility index (Phi) is 5.24. The van der Waals surface area contributed by atoms with E-state index < -0.39 is 10.0 Å². The normalized spacial score (nSPS) is 23.3. The number of sulfonamides is 1. The van der Waals surface area contributed by atoms with Crippen LogP contribution in [0.15, 0.2) is 29.2 Å². The van der Waals surface area contributed by atoms with Crippen molar-refractivity contribution in [2.75, 3.05) is 24.5 Å². The maximum Gasteiger partial charge on any atom is 0.242 e. The van der Waals surface area contributed by atoms with E-state index in [0.29, 0.717) is 23.9 Å². The molecule has 1 heterocycles. The lowest BCUT2D eigenvalue weighted by molar-refractivity contribution is 0.378. The van der Waals surface area contributed by atoms with Gasteiger partial charge in [-0.15, -0.1) is 0 Å². The third-order valence-corrected chi connectivity index (χ3v) is 5.56. The van der Waals surface area contributed by atoms with Crippen LogP contribution in [-0.4, -0.2) is 34.1 Å². The first-order chi connectivity index (χ1) is 9.95. The van der Waals surface area contributed by atoms with Gasteiger partial charge in [-0.2, -0.15) is 0 Å². The van der Waals surface area contributed by atoms with E-state index >= 15 is 0 Å². The maximum atomic E-state index is 12.4. The van der Waals surface area contributed by atoms with Crippen molar-refractivity contribution in [3.05, 3.63) is 24.3 Å². The summed E-state index contributed by atoms with van der Waals surface area (Å²) in [5, 5.41) is 0. The molecule has 0 spiro atoms. The van der Waals surface area contributed by atoms with Gasteiger partial charge in [0.15, 0.2) is 0 Å². The standard InChI is InChI=1S/C15H25N3O2S/c1-3-9-17-21(19,20)15-7-5-4-6-14(15)18-10-8-12(2)13(16)11-18/h4-7,12-13,17H,3,8-11,16H2,1-2H3. The van der Waals surface area contributed by atoms with Gasteiger partial charge in [0.2, 0.25) is 10.0 Å². The van der Waals surface area contributed by atoms with Gasteiger partial charge in [-0.1, -0.05) is 26.0 Å². The number of para-hydroxylation sites is 1. The lowest BCUT2D eigenvalue weighted by Crippen LogP contribution is -2.48. The second-order valence-electron chi connectivity index (χ2n) is 5.74.